The van der Waals surface area contributed by atoms with Crippen molar-refractivity contribution >= 4 is 5.97 Å². The molecule has 1 aromatic rings. The number of hydrogen-bond donors (Lipinski definition) is 0. The highest BCUT2D eigenvalue weighted by Crippen LogP contribution is 2.21. The summed E-state index contributed by atoms with van der Waals surface area (Å²) in [6, 6.07) is 0.300. The summed E-state index contributed by atoms with van der Waals surface area (Å²) < 4.78 is 7.08. The summed E-state index contributed by atoms with van der Waals surface area (Å²) in [5.41, 5.74) is 1.07. The SMILES string of the molecule is CCOC(=O)C(C)c1ncc(C)n1C(C)C. The first-order valence-electron chi connectivity index (χ1n) is 5.69. The fourth-order valence-corrected chi connectivity index (χ4v) is 1.83. The predicted octanol–water partition coefficient (Wildman–Crippen LogP) is 2.44. The minimum absolute atomic E-state index is 0.213. The predicted molar refractivity (Wildman–Crippen MR) is 62.4 cm³/mol. The lowest BCUT2D eigenvalue weighted by Gasteiger charge is -2.17. The molecule has 0 saturated heterocycles. The van der Waals surface area contributed by atoms with Crippen molar-refractivity contribution in [2.45, 2.75) is 46.6 Å². The zero-order valence-corrected chi connectivity index (χ0v) is 10.7. The van der Waals surface area contributed by atoms with Gasteiger partial charge >= 0.3 is 5.97 Å². The Kier molecular flexibility index (Phi) is 4.10. The van der Waals surface area contributed by atoms with Crippen molar-refractivity contribution in [2.75, 3.05) is 6.61 Å². The first-order valence-corrected chi connectivity index (χ1v) is 5.69. The lowest BCUT2D eigenvalue weighted by molar-refractivity contribution is -0.144. The summed E-state index contributed by atoms with van der Waals surface area (Å²) >= 11 is 0. The van der Waals surface area contributed by atoms with Gasteiger partial charge in [0.1, 0.15) is 11.7 Å². The summed E-state index contributed by atoms with van der Waals surface area (Å²) in [4.78, 5) is 16.0. The van der Waals surface area contributed by atoms with E-state index in [9.17, 15) is 4.79 Å². The molecule has 1 atom stereocenters. The Balaban J connectivity index is 2.99. The molecule has 1 unspecified atom stereocenters. The summed E-state index contributed by atoms with van der Waals surface area (Å²) in [5, 5.41) is 0. The molecule has 0 fully saturated rings. The van der Waals surface area contributed by atoms with Crippen molar-refractivity contribution in [2.24, 2.45) is 0 Å². The highest BCUT2D eigenvalue weighted by Gasteiger charge is 2.23. The third-order valence-corrected chi connectivity index (χ3v) is 2.55. The van der Waals surface area contributed by atoms with E-state index in [0.717, 1.165) is 11.5 Å². The standard InChI is InChI=1S/C12H20N2O2/c1-6-16-12(15)10(5)11-13-7-9(4)14(11)8(2)3/h7-8,10H,6H2,1-5H3. The van der Waals surface area contributed by atoms with Gasteiger partial charge in [0.05, 0.1) is 6.61 Å². The number of carbonyl (C=O) groups is 1. The lowest BCUT2D eigenvalue weighted by Crippen LogP contribution is -2.19. The van der Waals surface area contributed by atoms with Gasteiger partial charge in [-0.1, -0.05) is 0 Å². The van der Waals surface area contributed by atoms with E-state index in [1.165, 1.54) is 0 Å². The molecule has 1 heterocycles. The van der Waals surface area contributed by atoms with Crippen LogP contribution in [-0.2, 0) is 9.53 Å². The molecule has 0 bridgehead atoms. The molecule has 0 amide bonds. The second kappa shape index (κ2) is 5.14. The third kappa shape index (κ3) is 2.43. The van der Waals surface area contributed by atoms with Crippen LogP contribution in [0, 0.1) is 6.92 Å². The van der Waals surface area contributed by atoms with E-state index in [1.807, 2.05) is 20.8 Å². The molecule has 0 aliphatic rings. The molecule has 1 aromatic heterocycles. The maximum Gasteiger partial charge on any atom is 0.316 e. The highest BCUT2D eigenvalue weighted by molar-refractivity contribution is 5.76. The van der Waals surface area contributed by atoms with Crippen LogP contribution in [0.1, 0.15) is 51.2 Å². The van der Waals surface area contributed by atoms with E-state index in [1.54, 1.807) is 6.20 Å². The van der Waals surface area contributed by atoms with Gasteiger partial charge in [-0.2, -0.15) is 0 Å². The number of aryl methyl sites for hydroxylation is 1. The van der Waals surface area contributed by atoms with E-state index in [2.05, 4.69) is 23.4 Å². The number of imidazole rings is 1. The lowest BCUT2D eigenvalue weighted by atomic mass is 10.1. The van der Waals surface area contributed by atoms with Gasteiger partial charge in [0.2, 0.25) is 0 Å². The van der Waals surface area contributed by atoms with Crippen LogP contribution >= 0.6 is 0 Å². The molecule has 0 spiro atoms. The molecule has 0 aromatic carbocycles. The largest absolute Gasteiger partial charge is 0.465 e. The molecular formula is C12H20N2O2. The maximum atomic E-state index is 11.7. The topological polar surface area (TPSA) is 44.1 Å². The fraction of sp³-hybridized carbons (Fsp3) is 0.667. The Labute approximate surface area is 96.6 Å². The Hall–Kier alpha value is -1.32. The van der Waals surface area contributed by atoms with Gasteiger partial charge in [-0.3, -0.25) is 4.79 Å². The second-order valence-electron chi connectivity index (χ2n) is 4.20. The van der Waals surface area contributed by atoms with Gasteiger partial charge in [-0.15, -0.1) is 0 Å². The van der Waals surface area contributed by atoms with Crippen LogP contribution in [0.4, 0.5) is 0 Å². The first kappa shape index (κ1) is 12.7. The number of carbonyl (C=O) groups excluding carboxylic acids is 1. The quantitative estimate of drug-likeness (QED) is 0.738. The Morgan fingerprint density at radius 2 is 2.12 bits per heavy atom. The first-order chi connectivity index (χ1) is 7.49. The molecule has 0 saturated carbocycles. The van der Waals surface area contributed by atoms with Crippen molar-refractivity contribution in [1.82, 2.24) is 9.55 Å². The molecule has 0 aliphatic heterocycles. The number of esters is 1. The van der Waals surface area contributed by atoms with Crippen LogP contribution in [0.15, 0.2) is 6.20 Å². The van der Waals surface area contributed by atoms with Crippen molar-refractivity contribution in [3.8, 4) is 0 Å². The molecule has 16 heavy (non-hydrogen) atoms. The molecule has 0 N–H and O–H groups in total. The highest BCUT2D eigenvalue weighted by atomic mass is 16.5. The van der Waals surface area contributed by atoms with Gasteiger partial charge in [0.15, 0.2) is 0 Å². The smallest absolute Gasteiger partial charge is 0.316 e. The zero-order chi connectivity index (χ0) is 12.3. The average molecular weight is 224 g/mol. The van der Waals surface area contributed by atoms with E-state index in [-0.39, 0.29) is 11.9 Å². The Bertz CT molecular complexity index is 369. The second-order valence-corrected chi connectivity index (χ2v) is 4.20. The van der Waals surface area contributed by atoms with Crippen molar-refractivity contribution < 1.29 is 9.53 Å². The molecule has 4 nitrogen and oxygen atoms in total. The van der Waals surface area contributed by atoms with Crippen molar-refractivity contribution in [3.63, 3.8) is 0 Å². The van der Waals surface area contributed by atoms with Gasteiger partial charge < -0.3 is 9.30 Å². The van der Waals surface area contributed by atoms with E-state index in [4.69, 9.17) is 4.74 Å². The number of rotatable bonds is 4. The van der Waals surface area contributed by atoms with Crippen molar-refractivity contribution in [1.29, 1.82) is 0 Å². The molecule has 90 valence electrons. The maximum absolute atomic E-state index is 11.7. The summed E-state index contributed by atoms with van der Waals surface area (Å²) in [5.74, 6) is 0.261. The molecule has 1 rings (SSSR count). The Morgan fingerprint density at radius 1 is 1.50 bits per heavy atom. The number of hydrogen-bond acceptors (Lipinski definition) is 3. The third-order valence-electron chi connectivity index (χ3n) is 2.55. The monoisotopic (exact) mass is 224 g/mol. The number of ether oxygens (including phenoxy) is 1. The summed E-state index contributed by atoms with van der Waals surface area (Å²) in [7, 11) is 0. The van der Waals surface area contributed by atoms with Gasteiger partial charge in [-0.25, -0.2) is 4.98 Å². The normalized spacial score (nSPS) is 12.9. The van der Waals surface area contributed by atoms with E-state index >= 15 is 0 Å². The minimum Gasteiger partial charge on any atom is -0.465 e. The van der Waals surface area contributed by atoms with Crippen LogP contribution in [0.5, 0.6) is 0 Å². The van der Waals surface area contributed by atoms with Crippen molar-refractivity contribution in [3.05, 3.63) is 17.7 Å². The molecular weight excluding hydrogens is 204 g/mol. The van der Waals surface area contributed by atoms with Crippen LogP contribution in [0.3, 0.4) is 0 Å². The van der Waals surface area contributed by atoms with Crippen LogP contribution in [0.25, 0.3) is 0 Å². The minimum atomic E-state index is -0.309. The molecule has 4 heteroatoms. The van der Waals surface area contributed by atoms with E-state index in [0.29, 0.717) is 12.6 Å². The van der Waals surface area contributed by atoms with E-state index < -0.39 is 0 Å². The van der Waals surface area contributed by atoms with Crippen LogP contribution < -0.4 is 0 Å². The Morgan fingerprint density at radius 3 is 2.62 bits per heavy atom. The zero-order valence-electron chi connectivity index (χ0n) is 10.7. The summed E-state index contributed by atoms with van der Waals surface area (Å²) in [6.07, 6.45) is 1.80. The molecule has 0 aliphatic carbocycles. The average Bonchev–Trinajstić information content (AvgIpc) is 2.59. The van der Waals surface area contributed by atoms with Gasteiger partial charge in [0.25, 0.3) is 0 Å². The van der Waals surface area contributed by atoms with Gasteiger partial charge in [0, 0.05) is 17.9 Å². The van der Waals surface area contributed by atoms with Gasteiger partial charge in [-0.05, 0) is 34.6 Å². The number of aromatic nitrogens is 2. The number of nitrogens with zero attached hydrogens (tertiary/aromatic N) is 2. The summed E-state index contributed by atoms with van der Waals surface area (Å²) in [6.45, 7) is 10.2. The molecule has 0 radical (unpaired) electrons. The van der Waals surface area contributed by atoms with Crippen LogP contribution in [0.2, 0.25) is 0 Å². The van der Waals surface area contributed by atoms with Crippen LogP contribution in [-0.4, -0.2) is 22.1 Å². The fourth-order valence-electron chi connectivity index (χ4n) is 1.83.